The molecule has 0 unspecified atom stereocenters. The van der Waals surface area contributed by atoms with Crippen molar-refractivity contribution in [3.8, 4) is 0 Å². The number of carbonyl (C=O) groups excluding carboxylic acids is 1. The van der Waals surface area contributed by atoms with Crippen LogP contribution in [0.25, 0.3) is 0 Å². The van der Waals surface area contributed by atoms with Crippen molar-refractivity contribution in [2.24, 2.45) is 0 Å². The van der Waals surface area contributed by atoms with Crippen LogP contribution in [0, 0.1) is 5.82 Å². The second-order valence-electron chi connectivity index (χ2n) is 3.24. The minimum atomic E-state index is -4.91. The van der Waals surface area contributed by atoms with Crippen molar-refractivity contribution in [2.45, 2.75) is 16.3 Å². The van der Waals surface area contributed by atoms with Crippen molar-refractivity contribution < 1.29 is 31.1 Å². The molecular weight excluding hydrogens is 270 g/mol. The van der Waals surface area contributed by atoms with Crippen molar-refractivity contribution in [3.63, 3.8) is 0 Å². The Kier molecular flexibility index (Phi) is 2.46. The molecule has 1 aromatic carbocycles. The molecule has 0 spiro atoms. The molecule has 0 N–H and O–H groups in total. The molecule has 17 heavy (non-hydrogen) atoms. The number of halogens is 6. The minimum Gasteiger partial charge on any atom is -0.286 e. The van der Waals surface area contributed by atoms with Crippen LogP contribution >= 0.6 is 11.8 Å². The number of ketones is 1. The molecule has 0 saturated heterocycles. The zero-order valence-corrected chi connectivity index (χ0v) is 8.56. The number of benzene rings is 1. The number of rotatable bonds is 0. The van der Waals surface area contributed by atoms with Crippen LogP contribution in [0.2, 0.25) is 0 Å². The van der Waals surface area contributed by atoms with Crippen LogP contribution in [0.5, 0.6) is 0 Å². The molecule has 0 fully saturated rings. The molecule has 0 saturated carbocycles. The lowest BCUT2D eigenvalue weighted by Crippen LogP contribution is -2.19. The van der Waals surface area contributed by atoms with Crippen LogP contribution in [-0.4, -0.2) is 11.0 Å². The van der Waals surface area contributed by atoms with Crippen molar-refractivity contribution >= 4 is 17.5 Å². The quantitative estimate of drug-likeness (QED) is 0.669. The predicted molar refractivity (Wildman–Crippen MR) is 46.5 cm³/mol. The van der Waals surface area contributed by atoms with Gasteiger partial charge < -0.3 is 0 Å². The summed E-state index contributed by atoms with van der Waals surface area (Å²) in [6.45, 7) is 0. The van der Waals surface area contributed by atoms with Gasteiger partial charge in [0.2, 0.25) is 5.78 Å². The van der Waals surface area contributed by atoms with Crippen molar-refractivity contribution in [1.82, 2.24) is 0 Å². The molecule has 0 radical (unpaired) electrons. The third-order valence-corrected chi connectivity index (χ3v) is 3.20. The lowest BCUT2D eigenvalue weighted by Gasteiger charge is -2.10. The van der Waals surface area contributed by atoms with Crippen molar-refractivity contribution in [3.05, 3.63) is 29.1 Å². The Labute approximate surface area is 94.8 Å². The first kappa shape index (κ1) is 12.3. The molecule has 0 bridgehead atoms. The second-order valence-corrected chi connectivity index (χ2v) is 4.37. The number of alkyl halides is 5. The van der Waals surface area contributed by atoms with E-state index in [9.17, 15) is 31.1 Å². The number of carbonyl (C=O) groups is 1. The Hall–Kier alpha value is -1.18. The smallest absolute Gasteiger partial charge is 0.286 e. The zero-order valence-electron chi connectivity index (χ0n) is 7.74. The Bertz CT molecular complexity index is 507. The Morgan fingerprint density at radius 2 is 1.76 bits per heavy atom. The van der Waals surface area contributed by atoms with E-state index >= 15 is 0 Å². The highest BCUT2D eigenvalue weighted by atomic mass is 32.2. The highest BCUT2D eigenvalue weighted by Crippen LogP contribution is 2.52. The van der Waals surface area contributed by atoms with Crippen molar-refractivity contribution in [1.29, 1.82) is 0 Å². The summed E-state index contributed by atoms with van der Waals surface area (Å²) in [7, 11) is 0. The molecule has 1 aliphatic heterocycles. The van der Waals surface area contributed by atoms with E-state index in [0.29, 0.717) is 12.1 Å². The summed E-state index contributed by atoms with van der Waals surface area (Å²) in [5.74, 6) is -3.30. The van der Waals surface area contributed by atoms with Crippen LogP contribution in [0.15, 0.2) is 17.0 Å². The van der Waals surface area contributed by atoms with Crippen LogP contribution < -0.4 is 0 Å². The van der Waals surface area contributed by atoms with Gasteiger partial charge in [0.25, 0.3) is 0 Å². The average Bonchev–Trinajstić information content (AvgIpc) is 2.36. The van der Waals surface area contributed by atoms with Crippen LogP contribution in [0.3, 0.4) is 0 Å². The van der Waals surface area contributed by atoms with Gasteiger partial charge in [-0.2, -0.15) is 22.0 Å². The van der Waals surface area contributed by atoms with Crippen LogP contribution in [0.4, 0.5) is 26.3 Å². The molecule has 8 heteroatoms. The summed E-state index contributed by atoms with van der Waals surface area (Å²) in [6, 6.07) is 0.706. The van der Waals surface area contributed by atoms with E-state index in [4.69, 9.17) is 0 Å². The largest absolute Gasteiger partial charge is 0.417 e. The number of hydrogen-bond donors (Lipinski definition) is 0. The SMILES string of the molecule is O=C1c2c(F)ccc(C(F)(F)F)c2SC1(F)F. The first-order valence-corrected chi connectivity index (χ1v) is 4.97. The van der Waals surface area contributed by atoms with Gasteiger partial charge in [0, 0.05) is 4.90 Å². The molecule has 1 aromatic rings. The predicted octanol–water partition coefficient (Wildman–Crippen LogP) is 3.73. The standard InChI is InChI=1S/C9H2F6OS/c10-4-2-1-3(8(11,12)13)6-5(4)7(16)9(14,15)17-6/h1-2H. The molecule has 0 aromatic heterocycles. The third-order valence-electron chi connectivity index (χ3n) is 2.13. The van der Waals surface area contributed by atoms with E-state index in [-0.39, 0.29) is 0 Å². The monoisotopic (exact) mass is 272 g/mol. The molecule has 1 heterocycles. The van der Waals surface area contributed by atoms with Gasteiger partial charge in [-0.3, -0.25) is 4.79 Å². The number of thioether (sulfide) groups is 1. The van der Waals surface area contributed by atoms with Gasteiger partial charge in [0.1, 0.15) is 5.82 Å². The maximum absolute atomic E-state index is 13.1. The zero-order chi connectivity index (χ0) is 13.0. The lowest BCUT2D eigenvalue weighted by molar-refractivity contribution is -0.139. The minimum absolute atomic E-state index is 0.343. The molecule has 1 aliphatic rings. The van der Waals surface area contributed by atoms with Gasteiger partial charge in [0.15, 0.2) is 0 Å². The summed E-state index contributed by atoms with van der Waals surface area (Å²) in [4.78, 5) is 9.99. The molecule has 92 valence electrons. The number of hydrogen-bond acceptors (Lipinski definition) is 2. The van der Waals surface area contributed by atoms with E-state index in [0.717, 1.165) is 0 Å². The summed E-state index contributed by atoms with van der Waals surface area (Å²) in [5, 5.41) is -4.05. The van der Waals surface area contributed by atoms with Gasteiger partial charge in [-0.15, -0.1) is 0 Å². The fourth-order valence-corrected chi connectivity index (χ4v) is 2.46. The summed E-state index contributed by atoms with van der Waals surface area (Å²) < 4.78 is 76.4. The fourth-order valence-electron chi connectivity index (χ4n) is 1.42. The average molecular weight is 272 g/mol. The summed E-state index contributed by atoms with van der Waals surface area (Å²) >= 11 is -0.574. The fraction of sp³-hybridized carbons (Fsp3) is 0.222. The van der Waals surface area contributed by atoms with E-state index in [2.05, 4.69) is 0 Å². The second kappa shape index (κ2) is 3.41. The molecule has 2 rings (SSSR count). The third kappa shape index (κ3) is 1.80. The van der Waals surface area contributed by atoms with Crippen molar-refractivity contribution in [2.75, 3.05) is 0 Å². The Morgan fingerprint density at radius 1 is 1.18 bits per heavy atom. The van der Waals surface area contributed by atoms with E-state index in [1.165, 1.54) is 0 Å². The molecule has 0 amide bonds. The summed E-state index contributed by atoms with van der Waals surface area (Å²) in [5.41, 5.74) is -2.61. The normalized spacial score (nSPS) is 18.4. The number of fused-ring (bicyclic) bond motifs is 1. The van der Waals surface area contributed by atoms with Crippen LogP contribution in [0.1, 0.15) is 15.9 Å². The first-order valence-electron chi connectivity index (χ1n) is 4.16. The first-order chi connectivity index (χ1) is 7.64. The van der Waals surface area contributed by atoms with E-state index in [1.54, 1.807) is 0 Å². The molecular formula is C9H2F6OS. The maximum atomic E-state index is 13.1. The molecule has 0 atom stereocenters. The topological polar surface area (TPSA) is 17.1 Å². The van der Waals surface area contributed by atoms with E-state index < -0.39 is 50.8 Å². The maximum Gasteiger partial charge on any atom is 0.417 e. The Balaban J connectivity index is 2.71. The highest BCUT2D eigenvalue weighted by molar-refractivity contribution is 8.01. The molecule has 0 aliphatic carbocycles. The van der Waals surface area contributed by atoms with Crippen LogP contribution in [-0.2, 0) is 6.18 Å². The molecule has 1 nitrogen and oxygen atoms in total. The van der Waals surface area contributed by atoms with E-state index in [1.807, 2.05) is 0 Å². The lowest BCUT2D eigenvalue weighted by atomic mass is 10.1. The van der Waals surface area contributed by atoms with Gasteiger partial charge in [-0.25, -0.2) is 4.39 Å². The Morgan fingerprint density at radius 3 is 2.29 bits per heavy atom. The van der Waals surface area contributed by atoms with Gasteiger partial charge in [-0.05, 0) is 23.9 Å². The number of Topliss-reactive ketones (excluding diaryl/α,β-unsaturated/α-hetero) is 1. The highest BCUT2D eigenvalue weighted by Gasteiger charge is 2.53. The summed E-state index contributed by atoms with van der Waals surface area (Å²) in [6.07, 6.45) is -4.91. The van der Waals surface area contributed by atoms with Gasteiger partial charge in [-0.1, -0.05) is 0 Å². The van der Waals surface area contributed by atoms with Gasteiger partial charge >= 0.3 is 11.4 Å². The van der Waals surface area contributed by atoms with Gasteiger partial charge in [0.05, 0.1) is 11.1 Å².